The van der Waals surface area contributed by atoms with Crippen LogP contribution in [0, 0.1) is 40.0 Å². The second-order valence-electron chi connectivity index (χ2n) is 11.0. The molecular formula is C33H28Cl2F3N5O3S. The molecule has 2 aromatic carbocycles. The number of hydrogen-bond acceptors (Lipinski definition) is 8. The second-order valence-corrected chi connectivity index (χ2v) is 12.9. The number of nitrogens with zero attached hydrogens (tertiary/aromatic N) is 5. The Bertz CT molecular complexity index is 1710. The summed E-state index contributed by atoms with van der Waals surface area (Å²) in [7, 11) is 0. The summed E-state index contributed by atoms with van der Waals surface area (Å²) in [5, 5.41) is 18.1. The van der Waals surface area contributed by atoms with Crippen molar-refractivity contribution in [2.45, 2.75) is 32.7 Å². The van der Waals surface area contributed by atoms with Gasteiger partial charge in [-0.1, -0.05) is 91.3 Å². The van der Waals surface area contributed by atoms with Crippen LogP contribution in [0.4, 0.5) is 13.2 Å². The number of pyridine rings is 1. The number of benzene rings is 2. The Balaban J connectivity index is 0.000000261. The van der Waals surface area contributed by atoms with Gasteiger partial charge in [-0.3, -0.25) is 4.79 Å². The Hall–Kier alpha value is -4.23. The number of alkyl halides is 3. The molecule has 14 heteroatoms. The van der Waals surface area contributed by atoms with Crippen LogP contribution in [0.3, 0.4) is 0 Å². The van der Waals surface area contributed by atoms with Gasteiger partial charge in [-0.15, -0.1) is 4.99 Å². The molecule has 1 unspecified atom stereocenters. The minimum atomic E-state index is -4.68. The van der Waals surface area contributed by atoms with E-state index in [9.17, 15) is 23.2 Å². The summed E-state index contributed by atoms with van der Waals surface area (Å²) < 4.78 is 49.2. The number of thioether (sulfide) groups is 1. The molecule has 0 N–H and O–H groups in total. The average Bonchev–Trinajstić information content (AvgIpc) is 3.32. The predicted molar refractivity (Wildman–Crippen MR) is 173 cm³/mol. The molecule has 1 aromatic heterocycles. The normalized spacial score (nSPS) is 19.9. The monoisotopic (exact) mass is 701 g/mol. The van der Waals surface area contributed by atoms with Crippen LogP contribution in [0.1, 0.15) is 31.1 Å². The summed E-state index contributed by atoms with van der Waals surface area (Å²) in [6, 6.07) is 21.1. The fourth-order valence-corrected chi connectivity index (χ4v) is 6.05. The zero-order chi connectivity index (χ0) is 34.2. The third kappa shape index (κ3) is 9.64. The Kier molecular flexibility index (Phi) is 11.8. The highest BCUT2D eigenvalue weighted by Crippen LogP contribution is 2.60. The van der Waals surface area contributed by atoms with Gasteiger partial charge in [-0.2, -0.15) is 23.7 Å². The van der Waals surface area contributed by atoms with E-state index in [-0.39, 0.29) is 0 Å². The van der Waals surface area contributed by atoms with Gasteiger partial charge in [-0.25, -0.2) is 4.98 Å². The number of ether oxygens (including phenoxy) is 2. The van der Waals surface area contributed by atoms with Crippen molar-refractivity contribution in [3.63, 3.8) is 0 Å². The molecule has 244 valence electrons. The molecular weight excluding hydrogens is 674 g/mol. The van der Waals surface area contributed by atoms with Crippen molar-refractivity contribution in [3.05, 3.63) is 100 Å². The summed E-state index contributed by atoms with van der Waals surface area (Å²) in [6.07, 6.45) is -1.50. The molecule has 0 amide bonds. The first kappa shape index (κ1) is 35.6. The molecule has 1 aliphatic heterocycles. The Morgan fingerprint density at radius 2 is 1.89 bits per heavy atom. The molecule has 1 saturated carbocycles. The number of esters is 1. The van der Waals surface area contributed by atoms with Gasteiger partial charge in [0.2, 0.25) is 12.3 Å². The van der Waals surface area contributed by atoms with E-state index >= 15 is 0 Å². The molecule has 47 heavy (non-hydrogen) atoms. The number of carbonyl (C=O) groups is 1. The van der Waals surface area contributed by atoms with Crippen molar-refractivity contribution in [3.8, 4) is 23.8 Å². The molecule has 2 fully saturated rings. The summed E-state index contributed by atoms with van der Waals surface area (Å²) in [4.78, 5) is 22.5. The molecule has 5 rings (SSSR count). The lowest BCUT2D eigenvalue weighted by molar-refractivity contribution is -0.149. The third-order valence-corrected chi connectivity index (χ3v) is 8.98. The van der Waals surface area contributed by atoms with E-state index in [4.69, 9.17) is 37.9 Å². The number of hydrogen-bond donors (Lipinski definition) is 0. The van der Waals surface area contributed by atoms with E-state index in [1.54, 1.807) is 74.3 Å². The first-order valence-electron chi connectivity index (χ1n) is 14.2. The van der Waals surface area contributed by atoms with Gasteiger partial charge in [0.25, 0.3) is 0 Å². The zero-order valence-electron chi connectivity index (χ0n) is 25.1. The Morgan fingerprint density at radius 3 is 2.53 bits per heavy atom. The molecule has 3 aromatic rings. The van der Waals surface area contributed by atoms with Crippen LogP contribution in [-0.4, -0.2) is 39.5 Å². The van der Waals surface area contributed by atoms with Gasteiger partial charge in [-0.05, 0) is 47.2 Å². The maximum Gasteiger partial charge on any atom is 0.426 e. The van der Waals surface area contributed by atoms with E-state index in [1.807, 2.05) is 36.5 Å². The summed E-state index contributed by atoms with van der Waals surface area (Å²) >= 11 is 12.6. The summed E-state index contributed by atoms with van der Waals surface area (Å²) in [5.41, 5.74) is 0.696. The molecule has 8 nitrogen and oxygen atoms in total. The van der Waals surface area contributed by atoms with Crippen LogP contribution in [-0.2, 0) is 16.1 Å². The van der Waals surface area contributed by atoms with Crippen molar-refractivity contribution in [1.82, 2.24) is 9.88 Å². The molecule has 2 aliphatic rings. The van der Waals surface area contributed by atoms with Gasteiger partial charge < -0.3 is 14.4 Å². The number of aliphatic imine (C=N–C) groups is 1. The molecule has 3 atom stereocenters. The van der Waals surface area contributed by atoms with Gasteiger partial charge >= 0.3 is 12.1 Å². The molecule has 0 spiro atoms. The maximum absolute atomic E-state index is 12.7. The van der Waals surface area contributed by atoms with Crippen molar-refractivity contribution < 1.29 is 27.4 Å². The fourth-order valence-electron chi connectivity index (χ4n) is 4.86. The lowest BCUT2D eigenvalue weighted by Crippen LogP contribution is -2.23. The minimum absolute atomic E-state index is 0.392. The Morgan fingerprint density at radius 1 is 1.17 bits per heavy atom. The summed E-state index contributed by atoms with van der Waals surface area (Å²) in [6.45, 7) is 4.93. The smallest absolute Gasteiger partial charge is 0.426 e. The van der Waals surface area contributed by atoms with Crippen molar-refractivity contribution >= 4 is 46.1 Å². The number of nitriles is 2. The molecule has 1 saturated heterocycles. The fraction of sp³-hybridized carbons (Fsp3) is 0.303. The van der Waals surface area contributed by atoms with Gasteiger partial charge in [0.1, 0.15) is 27.8 Å². The molecule has 2 heterocycles. The van der Waals surface area contributed by atoms with Crippen LogP contribution >= 0.6 is 35.0 Å². The van der Waals surface area contributed by atoms with E-state index in [2.05, 4.69) is 14.9 Å². The highest BCUT2D eigenvalue weighted by Gasteiger charge is 2.62. The van der Waals surface area contributed by atoms with Crippen LogP contribution in [0.2, 0.25) is 5.15 Å². The number of rotatable bonds is 8. The number of allylic oxidation sites excluding steroid dienone is 2. The Labute approximate surface area is 284 Å². The SMILES string of the molecule is CC1(C)[C@H](C(=O)OC(C#N)c2cccc(Oc3ccccc3)c2)[C@@H]1/C=C(\Cl)C(F)(F)F.N#CN=C1SCCN1Cc1ccc(Cl)nc1. The highest BCUT2D eigenvalue weighted by molar-refractivity contribution is 8.14. The van der Waals surface area contributed by atoms with Crippen molar-refractivity contribution in [2.24, 2.45) is 22.2 Å². The topological polar surface area (TPSA) is 112 Å². The van der Waals surface area contributed by atoms with E-state index in [0.717, 1.165) is 35.6 Å². The van der Waals surface area contributed by atoms with E-state index in [0.29, 0.717) is 22.2 Å². The van der Waals surface area contributed by atoms with Gasteiger partial charge in [0.15, 0.2) is 5.17 Å². The van der Waals surface area contributed by atoms with Crippen molar-refractivity contribution in [1.29, 1.82) is 10.5 Å². The van der Waals surface area contributed by atoms with Crippen LogP contribution in [0.25, 0.3) is 0 Å². The molecule has 1 aliphatic carbocycles. The highest BCUT2D eigenvalue weighted by atomic mass is 35.5. The first-order chi connectivity index (χ1) is 22.3. The van der Waals surface area contributed by atoms with Crippen molar-refractivity contribution in [2.75, 3.05) is 12.3 Å². The van der Waals surface area contributed by atoms with Crippen LogP contribution < -0.4 is 4.74 Å². The maximum atomic E-state index is 12.7. The lowest BCUT2D eigenvalue weighted by atomic mass is 10.1. The average molecular weight is 703 g/mol. The number of halogens is 5. The number of carbonyl (C=O) groups excluding carboxylic acids is 1. The molecule has 0 bridgehead atoms. The number of amidine groups is 1. The quantitative estimate of drug-likeness (QED) is 0.130. The molecule has 0 radical (unpaired) electrons. The summed E-state index contributed by atoms with van der Waals surface area (Å²) in [5.74, 6) is -0.296. The first-order valence-corrected chi connectivity index (χ1v) is 15.9. The van der Waals surface area contributed by atoms with Crippen LogP contribution in [0.15, 0.2) is 89.0 Å². The zero-order valence-corrected chi connectivity index (χ0v) is 27.4. The van der Waals surface area contributed by atoms with E-state index < -0.39 is 40.5 Å². The lowest BCUT2D eigenvalue weighted by Gasteiger charge is -2.16. The van der Waals surface area contributed by atoms with E-state index in [1.165, 1.54) is 0 Å². The van der Waals surface area contributed by atoms with Crippen LogP contribution in [0.5, 0.6) is 11.5 Å². The second kappa shape index (κ2) is 15.6. The van der Waals surface area contributed by atoms with Gasteiger partial charge in [0.05, 0.1) is 5.92 Å². The third-order valence-electron chi connectivity index (χ3n) is 7.42. The largest absolute Gasteiger partial charge is 0.457 e. The van der Waals surface area contributed by atoms with Gasteiger partial charge in [0, 0.05) is 30.6 Å². The predicted octanol–water partition coefficient (Wildman–Crippen LogP) is 8.66. The number of para-hydroxylation sites is 1. The standard InChI is InChI=1S/C23H19ClF3NO3.C10H9ClN4S/c1-22(2)17(12-19(24)23(25,26)27)20(22)21(29)31-18(13-28)14-7-6-10-16(11-14)30-15-8-4-3-5-9-15;11-9-2-1-8(5-13-9)6-15-3-4-16-10(15)14-7-12/h3-12,17-18,20H,1-2H3;1-2,5H,3-4,6H2/b19-12-;/t17-,18?,20-;/m0./s1. The minimum Gasteiger partial charge on any atom is -0.457 e. The number of aromatic nitrogens is 1.